The number of rotatable bonds is 2. The van der Waals surface area contributed by atoms with Crippen molar-refractivity contribution in [3.63, 3.8) is 0 Å². The number of allylic oxidation sites excluding steroid dienone is 2. The molecule has 0 spiro atoms. The number of aliphatic carboxylic acids is 1. The number of carboxylic acids is 1. The molecule has 8 atom stereocenters. The van der Waals surface area contributed by atoms with Gasteiger partial charge in [-0.2, -0.15) is 0 Å². The molecule has 0 saturated heterocycles. The van der Waals surface area contributed by atoms with Crippen LogP contribution in [-0.2, 0) is 14.3 Å². The van der Waals surface area contributed by atoms with Crippen LogP contribution >= 0.6 is 0 Å². The van der Waals surface area contributed by atoms with Gasteiger partial charge in [-0.25, -0.2) is 0 Å². The molecule has 0 radical (unpaired) electrons. The molecular weight excluding hydrogens is 436 g/mol. The molecule has 0 heterocycles. The molecule has 0 aromatic rings. The maximum Gasteiger partial charge on any atom is 0.310 e. The molecule has 0 aromatic heterocycles. The topological polar surface area (TPSA) is 63.6 Å². The fourth-order valence-electron chi connectivity index (χ4n) is 10.7. The molecule has 196 valence electrons. The Morgan fingerprint density at radius 2 is 1.63 bits per heavy atom. The second kappa shape index (κ2) is 7.84. The van der Waals surface area contributed by atoms with Crippen LogP contribution in [0.5, 0.6) is 0 Å². The lowest BCUT2D eigenvalue weighted by atomic mass is 9.37. The number of carbonyl (C=O) groups is 2. The summed E-state index contributed by atoms with van der Waals surface area (Å²) >= 11 is 0. The lowest BCUT2D eigenvalue weighted by Gasteiger charge is -2.68. The molecular formula is C31H48O4. The molecule has 4 saturated carbocycles. The highest BCUT2D eigenvalue weighted by molar-refractivity contribution is 5.76. The monoisotopic (exact) mass is 484 g/mol. The first kappa shape index (κ1) is 25.3. The van der Waals surface area contributed by atoms with E-state index in [0.29, 0.717) is 17.8 Å². The van der Waals surface area contributed by atoms with E-state index in [1.54, 1.807) is 12.5 Å². The first-order valence-electron chi connectivity index (χ1n) is 14.3. The first-order valence-corrected chi connectivity index (χ1v) is 14.3. The summed E-state index contributed by atoms with van der Waals surface area (Å²) in [5.74, 6) is 1.13. The van der Waals surface area contributed by atoms with Crippen LogP contribution in [0, 0.1) is 50.7 Å². The molecule has 4 heteroatoms. The van der Waals surface area contributed by atoms with E-state index in [1.807, 2.05) is 0 Å². The molecule has 5 rings (SSSR count). The largest absolute Gasteiger partial charge is 0.481 e. The summed E-state index contributed by atoms with van der Waals surface area (Å²) in [6, 6.07) is 0. The lowest BCUT2D eigenvalue weighted by Crippen LogP contribution is -2.62. The van der Waals surface area contributed by atoms with Crippen molar-refractivity contribution in [2.45, 2.75) is 119 Å². The Bertz CT molecular complexity index is 946. The van der Waals surface area contributed by atoms with Gasteiger partial charge >= 0.3 is 11.9 Å². The van der Waals surface area contributed by atoms with Crippen LogP contribution in [0.1, 0.15) is 113 Å². The van der Waals surface area contributed by atoms with Gasteiger partial charge in [0.2, 0.25) is 0 Å². The van der Waals surface area contributed by atoms with Gasteiger partial charge in [0.05, 0.1) is 5.41 Å². The molecule has 35 heavy (non-hydrogen) atoms. The third-order valence-corrected chi connectivity index (χ3v) is 12.4. The van der Waals surface area contributed by atoms with Crippen molar-refractivity contribution >= 4 is 11.9 Å². The second-order valence-corrected chi connectivity index (χ2v) is 15.0. The number of carboxylic acid groups (broad SMARTS) is 1. The quantitative estimate of drug-likeness (QED) is 0.327. The van der Waals surface area contributed by atoms with Crippen LogP contribution in [-0.4, -0.2) is 23.1 Å². The minimum Gasteiger partial charge on any atom is -0.481 e. The van der Waals surface area contributed by atoms with E-state index in [9.17, 15) is 14.7 Å². The van der Waals surface area contributed by atoms with Crippen molar-refractivity contribution in [1.82, 2.24) is 0 Å². The fraction of sp³-hybridized carbons (Fsp3) is 0.871. The Morgan fingerprint density at radius 3 is 2.29 bits per heavy atom. The van der Waals surface area contributed by atoms with Gasteiger partial charge in [0.15, 0.2) is 0 Å². The highest BCUT2D eigenvalue weighted by atomic mass is 16.5. The number of esters is 1. The predicted molar refractivity (Wildman–Crippen MR) is 138 cm³/mol. The molecule has 1 N–H and O–H groups in total. The lowest BCUT2D eigenvalue weighted by molar-refractivity contribution is -0.195. The normalized spacial score (nSPS) is 47.7. The number of hydrogen-bond acceptors (Lipinski definition) is 3. The van der Waals surface area contributed by atoms with Gasteiger partial charge < -0.3 is 9.84 Å². The number of ether oxygens (including phenoxy) is 1. The van der Waals surface area contributed by atoms with Crippen LogP contribution in [0.2, 0.25) is 0 Å². The minimum atomic E-state index is -0.557. The number of carbonyl (C=O) groups excluding carboxylic acids is 1. The number of hydrogen-bond donors (Lipinski definition) is 1. The zero-order chi connectivity index (χ0) is 25.6. The van der Waals surface area contributed by atoms with Crippen LogP contribution in [0.4, 0.5) is 0 Å². The fourth-order valence-corrected chi connectivity index (χ4v) is 10.7. The Hall–Kier alpha value is -1.32. The first-order chi connectivity index (χ1) is 16.2. The van der Waals surface area contributed by atoms with E-state index in [-0.39, 0.29) is 39.7 Å². The van der Waals surface area contributed by atoms with Crippen LogP contribution < -0.4 is 0 Å². The van der Waals surface area contributed by atoms with Crippen LogP contribution in [0.15, 0.2) is 11.6 Å². The van der Waals surface area contributed by atoms with Gasteiger partial charge in [0.1, 0.15) is 6.10 Å². The van der Waals surface area contributed by atoms with E-state index in [1.165, 1.54) is 19.3 Å². The predicted octanol–water partition coefficient (Wildman–Crippen LogP) is 7.41. The van der Waals surface area contributed by atoms with Gasteiger partial charge in [0.25, 0.3) is 0 Å². The third-order valence-electron chi connectivity index (χ3n) is 12.4. The van der Waals surface area contributed by atoms with E-state index >= 15 is 0 Å². The standard InChI is InChI=1S/C31H48O4/c1-19(32)35-25-12-14-30(7)23(28(25,4)5)11-13-29(6)21-10-15-31(26(33)34)17-16-27(2,3)18-22(31)20(21)8-9-24(29)30/h10,20,22-25H,8-9,11-18H2,1-7H3,(H,33,34)/t20?,22-,23?,24-,25-,29-,30-,31+/m0/s1. The highest BCUT2D eigenvalue weighted by Gasteiger charge is 2.66. The molecule has 4 fully saturated rings. The van der Waals surface area contributed by atoms with Crippen molar-refractivity contribution in [2.75, 3.05) is 0 Å². The maximum absolute atomic E-state index is 12.7. The maximum atomic E-state index is 12.7. The van der Waals surface area contributed by atoms with E-state index < -0.39 is 11.4 Å². The second-order valence-electron chi connectivity index (χ2n) is 15.0. The number of fused-ring (bicyclic) bond motifs is 7. The van der Waals surface area contributed by atoms with Crippen LogP contribution in [0.25, 0.3) is 0 Å². The van der Waals surface area contributed by atoms with Gasteiger partial charge in [-0.15, -0.1) is 0 Å². The summed E-state index contributed by atoms with van der Waals surface area (Å²) in [7, 11) is 0. The summed E-state index contributed by atoms with van der Waals surface area (Å²) in [6.07, 6.45) is 12.8. The zero-order valence-electron chi connectivity index (χ0n) is 23.2. The Balaban J connectivity index is 1.50. The van der Waals surface area contributed by atoms with Crippen molar-refractivity contribution in [2.24, 2.45) is 50.7 Å². The summed E-state index contributed by atoms with van der Waals surface area (Å²) in [4.78, 5) is 24.6. The molecule has 5 aliphatic rings. The van der Waals surface area contributed by atoms with Gasteiger partial charge in [-0.1, -0.05) is 53.2 Å². The molecule has 4 nitrogen and oxygen atoms in total. The summed E-state index contributed by atoms with van der Waals surface area (Å²) in [5.41, 5.74) is 1.65. The van der Waals surface area contributed by atoms with Crippen molar-refractivity contribution in [3.05, 3.63) is 11.6 Å². The van der Waals surface area contributed by atoms with Gasteiger partial charge in [0, 0.05) is 12.3 Å². The van der Waals surface area contributed by atoms with E-state index in [0.717, 1.165) is 44.9 Å². The van der Waals surface area contributed by atoms with Crippen LogP contribution in [0.3, 0.4) is 0 Å². The van der Waals surface area contributed by atoms with Crippen molar-refractivity contribution < 1.29 is 19.4 Å². The average molecular weight is 485 g/mol. The Morgan fingerprint density at radius 1 is 0.914 bits per heavy atom. The Kier molecular flexibility index (Phi) is 5.67. The zero-order valence-corrected chi connectivity index (χ0v) is 23.2. The molecule has 0 aliphatic heterocycles. The van der Waals surface area contributed by atoms with E-state index in [2.05, 4.69) is 47.6 Å². The molecule has 5 aliphatic carbocycles. The smallest absolute Gasteiger partial charge is 0.310 e. The van der Waals surface area contributed by atoms with E-state index in [4.69, 9.17) is 4.74 Å². The third kappa shape index (κ3) is 3.51. The molecule has 2 unspecified atom stereocenters. The van der Waals surface area contributed by atoms with Crippen molar-refractivity contribution in [3.8, 4) is 0 Å². The van der Waals surface area contributed by atoms with Crippen molar-refractivity contribution in [1.29, 1.82) is 0 Å². The molecule has 0 bridgehead atoms. The SMILES string of the molecule is CC(=O)O[C@H]1CC[C@@]2(C)C(CC[C@@]3(C)C4=CC[C@@]5(C(=O)O)CCC(C)(C)C[C@H]5C4CC[C@@H]32)C1(C)C. The molecule has 0 amide bonds. The Labute approximate surface area is 212 Å². The summed E-state index contributed by atoms with van der Waals surface area (Å²) < 4.78 is 5.85. The summed E-state index contributed by atoms with van der Waals surface area (Å²) in [6.45, 7) is 16.0. The molecule has 0 aromatic carbocycles. The summed E-state index contributed by atoms with van der Waals surface area (Å²) in [5, 5.41) is 10.5. The van der Waals surface area contributed by atoms with Gasteiger partial charge in [-0.05, 0) is 104 Å². The van der Waals surface area contributed by atoms with Gasteiger partial charge in [-0.3, -0.25) is 9.59 Å². The minimum absolute atomic E-state index is 0.00770. The average Bonchev–Trinajstić information content (AvgIpc) is 2.74. The highest BCUT2D eigenvalue weighted by Crippen LogP contribution is 2.72.